The largest absolute Gasteiger partial charge is 0.507 e. The van der Waals surface area contributed by atoms with Crippen LogP contribution in [0.5, 0.6) is 5.75 Å². The fourth-order valence-corrected chi connectivity index (χ4v) is 1.33. The van der Waals surface area contributed by atoms with Crippen molar-refractivity contribution in [3.63, 3.8) is 0 Å². The lowest BCUT2D eigenvalue weighted by Crippen LogP contribution is -2.48. The molecule has 5 heteroatoms. The van der Waals surface area contributed by atoms with Gasteiger partial charge >= 0.3 is 0 Å². The van der Waals surface area contributed by atoms with Gasteiger partial charge in [0.15, 0.2) is 5.84 Å². The van der Waals surface area contributed by atoms with E-state index in [1.165, 1.54) is 5.01 Å². The van der Waals surface area contributed by atoms with Gasteiger partial charge in [-0.3, -0.25) is 20.2 Å². The van der Waals surface area contributed by atoms with E-state index < -0.39 is 0 Å². The van der Waals surface area contributed by atoms with E-state index in [0.717, 1.165) is 0 Å². The number of nitrogens with zero attached hydrogens (tertiary/aromatic N) is 2. The number of nitrogens with one attached hydrogen (secondary N) is 1. The van der Waals surface area contributed by atoms with Crippen molar-refractivity contribution in [1.82, 2.24) is 10.4 Å². The predicted molar refractivity (Wildman–Crippen MR) is 55.4 cm³/mol. The van der Waals surface area contributed by atoms with Crippen molar-refractivity contribution in [3.8, 4) is 5.75 Å². The van der Waals surface area contributed by atoms with Crippen LogP contribution in [0.1, 0.15) is 5.56 Å². The van der Waals surface area contributed by atoms with Crippen LogP contribution in [0.25, 0.3) is 0 Å². The fourth-order valence-electron chi connectivity index (χ4n) is 1.33. The van der Waals surface area contributed by atoms with Crippen molar-refractivity contribution in [3.05, 3.63) is 29.8 Å². The van der Waals surface area contributed by atoms with Crippen LogP contribution in [0.15, 0.2) is 29.3 Å². The molecule has 0 fully saturated rings. The molecule has 0 unspecified atom stereocenters. The first-order chi connectivity index (χ1) is 7.18. The van der Waals surface area contributed by atoms with Crippen molar-refractivity contribution in [2.45, 2.75) is 0 Å². The van der Waals surface area contributed by atoms with Crippen molar-refractivity contribution in [2.24, 2.45) is 4.99 Å². The number of hydrazine groups is 1. The minimum atomic E-state index is -0.103. The highest BCUT2D eigenvalue weighted by Crippen LogP contribution is 2.16. The maximum atomic E-state index is 11.1. The zero-order valence-electron chi connectivity index (χ0n) is 8.27. The number of aromatic hydroxyl groups is 1. The van der Waals surface area contributed by atoms with E-state index in [4.69, 9.17) is 0 Å². The Morgan fingerprint density at radius 2 is 2.20 bits per heavy atom. The van der Waals surface area contributed by atoms with Gasteiger partial charge in [-0.1, -0.05) is 12.1 Å². The number of benzene rings is 1. The molecule has 1 heterocycles. The Kier molecular flexibility index (Phi) is 2.29. The molecule has 0 atom stereocenters. The Morgan fingerprint density at radius 1 is 1.47 bits per heavy atom. The Bertz CT molecular complexity index is 428. The molecule has 1 aromatic rings. The van der Waals surface area contributed by atoms with Crippen LogP contribution in [-0.4, -0.2) is 35.5 Å². The lowest BCUT2D eigenvalue weighted by molar-refractivity contribution is -0.130. The zero-order chi connectivity index (χ0) is 10.8. The highest BCUT2D eigenvalue weighted by atomic mass is 16.3. The second-order valence-electron chi connectivity index (χ2n) is 3.25. The Hall–Kier alpha value is -2.04. The second kappa shape index (κ2) is 3.61. The Morgan fingerprint density at radius 3 is 2.87 bits per heavy atom. The van der Waals surface area contributed by atoms with E-state index in [2.05, 4.69) is 10.4 Å². The molecule has 1 aliphatic heterocycles. The third kappa shape index (κ3) is 1.76. The molecule has 0 saturated carbocycles. The molecule has 2 rings (SSSR count). The quantitative estimate of drug-likeness (QED) is 0.684. The molecule has 0 radical (unpaired) electrons. The van der Waals surface area contributed by atoms with Crippen molar-refractivity contribution in [2.75, 3.05) is 13.6 Å². The third-order valence-corrected chi connectivity index (χ3v) is 2.18. The summed E-state index contributed by atoms with van der Waals surface area (Å²) in [7, 11) is 1.62. The molecule has 0 spiro atoms. The Labute approximate surface area is 87.0 Å². The molecule has 1 aliphatic rings. The summed E-state index contributed by atoms with van der Waals surface area (Å²) in [5.41, 5.74) is 3.39. The molecule has 1 aromatic carbocycles. The van der Waals surface area contributed by atoms with Crippen LogP contribution < -0.4 is 5.43 Å². The minimum Gasteiger partial charge on any atom is -0.507 e. The summed E-state index contributed by atoms with van der Waals surface area (Å²) in [4.78, 5) is 15.2. The predicted octanol–water partition coefficient (Wildman–Crippen LogP) is 0.115. The maximum Gasteiger partial charge on any atom is 0.262 e. The molecular weight excluding hydrogens is 194 g/mol. The van der Waals surface area contributed by atoms with Gasteiger partial charge in [0, 0.05) is 7.05 Å². The first kappa shape index (κ1) is 9.51. The average Bonchev–Trinajstić information content (AvgIpc) is 2.23. The molecule has 0 aromatic heterocycles. The monoisotopic (exact) mass is 205 g/mol. The van der Waals surface area contributed by atoms with Crippen LogP contribution in [0.3, 0.4) is 0 Å². The Balaban J connectivity index is 2.33. The number of amidine groups is 1. The molecule has 2 N–H and O–H groups in total. The summed E-state index contributed by atoms with van der Waals surface area (Å²) < 4.78 is 0. The normalized spacial score (nSPS) is 15.9. The third-order valence-electron chi connectivity index (χ3n) is 2.18. The topological polar surface area (TPSA) is 64.9 Å². The molecule has 0 aliphatic carbocycles. The van der Waals surface area contributed by atoms with E-state index in [9.17, 15) is 9.90 Å². The molecule has 78 valence electrons. The molecule has 0 saturated heterocycles. The molecule has 1 amide bonds. The number of likely N-dealkylation sites (N-methyl/N-ethyl adjacent to an activating group) is 1. The highest BCUT2D eigenvalue weighted by molar-refractivity contribution is 6.04. The molecule has 15 heavy (non-hydrogen) atoms. The van der Waals surface area contributed by atoms with E-state index in [1.807, 2.05) is 0 Å². The van der Waals surface area contributed by atoms with Crippen LogP contribution in [-0.2, 0) is 4.79 Å². The second-order valence-corrected chi connectivity index (χ2v) is 3.25. The number of phenols is 1. The summed E-state index contributed by atoms with van der Waals surface area (Å²) in [6.45, 7) is 0.104. The lowest BCUT2D eigenvalue weighted by Gasteiger charge is -2.24. The zero-order valence-corrected chi connectivity index (χ0v) is 8.27. The van der Waals surface area contributed by atoms with Gasteiger partial charge in [0.2, 0.25) is 0 Å². The fraction of sp³-hybridized carbons (Fsp3) is 0.200. The van der Waals surface area contributed by atoms with Crippen LogP contribution in [0.2, 0.25) is 0 Å². The van der Waals surface area contributed by atoms with Crippen LogP contribution >= 0.6 is 0 Å². The van der Waals surface area contributed by atoms with E-state index in [0.29, 0.717) is 11.4 Å². The molecule has 5 nitrogen and oxygen atoms in total. The number of para-hydroxylation sites is 1. The van der Waals surface area contributed by atoms with Gasteiger partial charge < -0.3 is 5.11 Å². The number of phenolic OH excluding ortho intramolecular Hbond substituents is 1. The van der Waals surface area contributed by atoms with Gasteiger partial charge in [0.25, 0.3) is 5.91 Å². The summed E-state index contributed by atoms with van der Waals surface area (Å²) in [6, 6.07) is 6.85. The van der Waals surface area contributed by atoms with Gasteiger partial charge in [0.1, 0.15) is 12.3 Å². The number of aliphatic imine (C=N–C) groups is 1. The summed E-state index contributed by atoms with van der Waals surface area (Å²) in [5, 5.41) is 10.9. The van der Waals surface area contributed by atoms with Gasteiger partial charge in [-0.2, -0.15) is 0 Å². The first-order valence-corrected chi connectivity index (χ1v) is 4.54. The highest BCUT2D eigenvalue weighted by Gasteiger charge is 2.18. The average molecular weight is 205 g/mol. The maximum absolute atomic E-state index is 11.1. The number of amides is 1. The summed E-state index contributed by atoms with van der Waals surface area (Å²) >= 11 is 0. The van der Waals surface area contributed by atoms with Gasteiger partial charge in [0.05, 0.1) is 5.56 Å². The van der Waals surface area contributed by atoms with Gasteiger partial charge in [-0.15, -0.1) is 0 Å². The molecular formula is C10H11N3O2. The smallest absolute Gasteiger partial charge is 0.262 e. The first-order valence-electron chi connectivity index (χ1n) is 4.54. The minimum absolute atomic E-state index is 0.103. The standard InChI is InChI=1S/C10H11N3O2/c1-13-9(15)6-11-10(12-13)7-4-2-3-5-8(7)14/h2-5,14H,6H2,1H3,(H,11,12). The SMILES string of the molecule is CN1NC(c2ccccc2O)=NCC1=O. The van der Waals surface area contributed by atoms with Gasteiger partial charge in [-0.05, 0) is 12.1 Å². The van der Waals surface area contributed by atoms with Crippen LogP contribution in [0, 0.1) is 0 Å². The van der Waals surface area contributed by atoms with E-state index in [-0.39, 0.29) is 18.2 Å². The number of carbonyl (C=O) groups is 1. The summed E-state index contributed by atoms with van der Waals surface area (Å²) in [5.74, 6) is 0.552. The van der Waals surface area contributed by atoms with E-state index >= 15 is 0 Å². The number of carbonyl (C=O) groups excluding carboxylic acids is 1. The number of hydrogen-bond donors (Lipinski definition) is 2. The van der Waals surface area contributed by atoms with Crippen molar-refractivity contribution >= 4 is 11.7 Å². The van der Waals surface area contributed by atoms with E-state index in [1.54, 1.807) is 31.3 Å². The lowest BCUT2D eigenvalue weighted by atomic mass is 10.2. The van der Waals surface area contributed by atoms with Crippen LogP contribution in [0.4, 0.5) is 0 Å². The van der Waals surface area contributed by atoms with Crippen molar-refractivity contribution in [1.29, 1.82) is 0 Å². The van der Waals surface area contributed by atoms with Crippen molar-refractivity contribution < 1.29 is 9.90 Å². The van der Waals surface area contributed by atoms with Gasteiger partial charge in [-0.25, -0.2) is 0 Å². The number of rotatable bonds is 1. The number of hydrogen-bond acceptors (Lipinski definition) is 4. The summed E-state index contributed by atoms with van der Waals surface area (Å²) in [6.07, 6.45) is 0. The molecule has 0 bridgehead atoms.